The topological polar surface area (TPSA) is 121 Å². The molecule has 0 unspecified atom stereocenters. The van der Waals surface area contributed by atoms with Gasteiger partial charge in [0.15, 0.2) is 11.4 Å². The number of carbonyl (C=O) groups is 2. The van der Waals surface area contributed by atoms with E-state index in [1.54, 1.807) is 12.1 Å². The average molecular weight is 247 g/mol. The van der Waals surface area contributed by atoms with Crippen LogP contribution in [0.3, 0.4) is 0 Å². The summed E-state index contributed by atoms with van der Waals surface area (Å²) in [7, 11) is 0. The Bertz CT molecular complexity index is 566. The van der Waals surface area contributed by atoms with Gasteiger partial charge >= 0.3 is 5.97 Å². The second kappa shape index (κ2) is 5.04. The van der Waals surface area contributed by atoms with E-state index < -0.39 is 11.9 Å². The van der Waals surface area contributed by atoms with Crippen LogP contribution in [0.4, 0.5) is 0 Å². The van der Waals surface area contributed by atoms with Crippen LogP contribution in [0.15, 0.2) is 24.7 Å². The number of carbonyl (C=O) groups excluding carboxylic acids is 1. The van der Waals surface area contributed by atoms with E-state index in [4.69, 9.17) is 5.11 Å². The highest BCUT2D eigenvalue weighted by Gasteiger charge is 2.19. The molecule has 2 heterocycles. The molecule has 18 heavy (non-hydrogen) atoms. The smallest absolute Gasteiger partial charge is 0.354 e. The number of hydrogen-bond acceptors (Lipinski definition) is 5. The number of H-pyrrole nitrogens is 1. The van der Waals surface area contributed by atoms with Crippen molar-refractivity contribution in [1.82, 2.24) is 25.5 Å². The molecular weight excluding hydrogens is 238 g/mol. The summed E-state index contributed by atoms with van der Waals surface area (Å²) in [6.45, 7) is 0.151. The molecule has 8 nitrogen and oxygen atoms in total. The van der Waals surface area contributed by atoms with Gasteiger partial charge in [0.2, 0.25) is 0 Å². The summed E-state index contributed by atoms with van der Waals surface area (Å²) in [5, 5.41) is 18.8. The fourth-order valence-electron chi connectivity index (χ4n) is 1.31. The number of imidazole rings is 1. The van der Waals surface area contributed by atoms with Crippen molar-refractivity contribution < 1.29 is 14.7 Å². The molecule has 0 aromatic carbocycles. The molecule has 1 amide bonds. The van der Waals surface area contributed by atoms with Gasteiger partial charge in [0.05, 0.1) is 18.6 Å². The van der Waals surface area contributed by atoms with Crippen molar-refractivity contribution in [2.75, 3.05) is 0 Å². The highest BCUT2D eigenvalue weighted by Crippen LogP contribution is 2.02. The van der Waals surface area contributed by atoms with Gasteiger partial charge in [-0.1, -0.05) is 0 Å². The van der Waals surface area contributed by atoms with Gasteiger partial charge in [-0.05, 0) is 12.1 Å². The van der Waals surface area contributed by atoms with Crippen LogP contribution < -0.4 is 5.32 Å². The molecule has 0 aliphatic rings. The number of rotatable bonds is 4. The highest BCUT2D eigenvalue weighted by molar-refractivity contribution is 6.02. The average Bonchev–Trinajstić information content (AvgIpc) is 2.86. The molecule has 0 atom stereocenters. The van der Waals surface area contributed by atoms with Crippen molar-refractivity contribution in [3.63, 3.8) is 0 Å². The lowest BCUT2D eigenvalue weighted by Gasteiger charge is -2.02. The summed E-state index contributed by atoms with van der Waals surface area (Å²) in [4.78, 5) is 28.5. The molecule has 0 aliphatic heterocycles. The van der Waals surface area contributed by atoms with Crippen molar-refractivity contribution in [2.24, 2.45) is 0 Å². The number of nitrogens with zero attached hydrogens (tertiary/aromatic N) is 3. The predicted octanol–water partition coefficient (Wildman–Crippen LogP) is -0.172. The zero-order valence-electron chi connectivity index (χ0n) is 9.12. The summed E-state index contributed by atoms with van der Waals surface area (Å²) in [6.07, 6.45) is 2.67. The third kappa shape index (κ3) is 2.48. The van der Waals surface area contributed by atoms with Crippen molar-refractivity contribution in [3.8, 4) is 0 Å². The lowest BCUT2D eigenvalue weighted by atomic mass is 10.3. The normalized spacial score (nSPS) is 10.0. The maximum atomic E-state index is 11.7. The van der Waals surface area contributed by atoms with E-state index in [0.29, 0.717) is 5.69 Å². The lowest BCUT2D eigenvalue weighted by Crippen LogP contribution is -2.25. The Morgan fingerprint density at radius 1 is 1.44 bits per heavy atom. The first-order chi connectivity index (χ1) is 8.68. The van der Waals surface area contributed by atoms with Crippen LogP contribution in [0.1, 0.15) is 26.7 Å². The molecule has 2 aromatic rings. The van der Waals surface area contributed by atoms with Gasteiger partial charge in [0, 0.05) is 6.20 Å². The standard InChI is InChI=1S/C10H9N5O3/c16-9(7-8(10(17)18)13-5-12-7)11-4-6-2-1-3-14-15-6/h1-3,5H,4H2,(H,11,16)(H,12,13)(H,17,18). The Morgan fingerprint density at radius 2 is 2.28 bits per heavy atom. The minimum absolute atomic E-state index is 0.151. The van der Waals surface area contributed by atoms with E-state index in [1.807, 2.05) is 0 Å². The van der Waals surface area contributed by atoms with E-state index in [9.17, 15) is 9.59 Å². The summed E-state index contributed by atoms with van der Waals surface area (Å²) in [5.41, 5.74) is 0.163. The monoisotopic (exact) mass is 247 g/mol. The molecule has 2 aromatic heterocycles. The van der Waals surface area contributed by atoms with Gasteiger partial charge in [0.25, 0.3) is 5.91 Å². The van der Waals surface area contributed by atoms with E-state index in [1.165, 1.54) is 6.20 Å². The van der Waals surface area contributed by atoms with Gasteiger partial charge in [0.1, 0.15) is 0 Å². The van der Waals surface area contributed by atoms with Gasteiger partial charge in [-0.25, -0.2) is 9.78 Å². The minimum atomic E-state index is -1.24. The van der Waals surface area contributed by atoms with Crippen molar-refractivity contribution >= 4 is 11.9 Å². The maximum Gasteiger partial charge on any atom is 0.354 e. The van der Waals surface area contributed by atoms with E-state index in [-0.39, 0.29) is 17.9 Å². The van der Waals surface area contributed by atoms with Crippen molar-refractivity contribution in [3.05, 3.63) is 41.7 Å². The van der Waals surface area contributed by atoms with Crippen LogP contribution >= 0.6 is 0 Å². The molecule has 8 heteroatoms. The molecule has 0 bridgehead atoms. The maximum absolute atomic E-state index is 11.7. The summed E-state index contributed by atoms with van der Waals surface area (Å²) < 4.78 is 0. The first kappa shape index (κ1) is 11.7. The molecular formula is C10H9N5O3. The third-order valence-electron chi connectivity index (χ3n) is 2.13. The highest BCUT2D eigenvalue weighted by atomic mass is 16.4. The fraction of sp³-hybridized carbons (Fsp3) is 0.100. The minimum Gasteiger partial charge on any atom is -0.477 e. The zero-order chi connectivity index (χ0) is 13.0. The van der Waals surface area contributed by atoms with Crippen LogP contribution in [0.25, 0.3) is 0 Å². The number of carboxylic acid groups (broad SMARTS) is 1. The summed E-state index contributed by atoms with van der Waals surface area (Å²) in [5.74, 6) is -1.82. The van der Waals surface area contributed by atoms with Crippen LogP contribution in [0, 0.1) is 0 Å². The second-order valence-electron chi connectivity index (χ2n) is 3.33. The van der Waals surface area contributed by atoms with Crippen LogP contribution in [-0.4, -0.2) is 37.1 Å². The Labute approximate surface area is 101 Å². The van der Waals surface area contributed by atoms with Gasteiger partial charge in [-0.3, -0.25) is 4.79 Å². The van der Waals surface area contributed by atoms with Crippen LogP contribution in [0.2, 0.25) is 0 Å². The van der Waals surface area contributed by atoms with E-state index in [2.05, 4.69) is 25.5 Å². The fourth-order valence-corrected chi connectivity index (χ4v) is 1.31. The summed E-state index contributed by atoms with van der Waals surface area (Å²) in [6, 6.07) is 3.38. The van der Waals surface area contributed by atoms with Crippen LogP contribution in [0.5, 0.6) is 0 Å². The number of aromatic carboxylic acids is 1. The van der Waals surface area contributed by atoms with Gasteiger partial charge in [-0.15, -0.1) is 0 Å². The van der Waals surface area contributed by atoms with Gasteiger partial charge in [-0.2, -0.15) is 10.2 Å². The zero-order valence-corrected chi connectivity index (χ0v) is 9.12. The van der Waals surface area contributed by atoms with Crippen molar-refractivity contribution in [2.45, 2.75) is 6.54 Å². The number of aromatic amines is 1. The largest absolute Gasteiger partial charge is 0.477 e. The number of carboxylic acids is 1. The Morgan fingerprint density at radius 3 is 2.94 bits per heavy atom. The molecule has 0 radical (unpaired) electrons. The molecule has 0 fully saturated rings. The molecule has 92 valence electrons. The summed E-state index contributed by atoms with van der Waals surface area (Å²) >= 11 is 0. The van der Waals surface area contributed by atoms with Crippen LogP contribution in [-0.2, 0) is 6.54 Å². The Kier molecular flexibility index (Phi) is 3.28. The molecule has 0 saturated heterocycles. The first-order valence-corrected chi connectivity index (χ1v) is 5.00. The Balaban J connectivity index is 2.04. The number of nitrogens with one attached hydrogen (secondary N) is 2. The number of hydrogen-bond donors (Lipinski definition) is 3. The number of aromatic nitrogens is 4. The second-order valence-corrected chi connectivity index (χ2v) is 3.33. The molecule has 3 N–H and O–H groups in total. The quantitative estimate of drug-likeness (QED) is 0.689. The molecule has 0 spiro atoms. The molecule has 2 rings (SSSR count). The van der Waals surface area contributed by atoms with E-state index in [0.717, 1.165) is 6.33 Å². The lowest BCUT2D eigenvalue weighted by molar-refractivity contribution is 0.0685. The number of amides is 1. The third-order valence-corrected chi connectivity index (χ3v) is 2.13. The van der Waals surface area contributed by atoms with E-state index >= 15 is 0 Å². The first-order valence-electron chi connectivity index (χ1n) is 5.00. The SMILES string of the molecule is O=C(NCc1cccnn1)c1nc[nH]c1C(=O)O. The molecule has 0 saturated carbocycles. The molecule has 0 aliphatic carbocycles. The Hall–Kier alpha value is -2.77. The predicted molar refractivity (Wildman–Crippen MR) is 58.7 cm³/mol. The van der Waals surface area contributed by atoms with Gasteiger partial charge < -0.3 is 15.4 Å². The van der Waals surface area contributed by atoms with Crippen molar-refractivity contribution in [1.29, 1.82) is 0 Å².